The Bertz CT molecular complexity index is 218. The van der Waals surface area contributed by atoms with Gasteiger partial charge >= 0.3 is 0 Å². The third-order valence-corrected chi connectivity index (χ3v) is 4.11. The van der Waals surface area contributed by atoms with Crippen LogP contribution >= 0.6 is 0 Å². The van der Waals surface area contributed by atoms with Crippen molar-refractivity contribution in [2.45, 2.75) is 57.7 Å². The topological polar surface area (TPSA) is 24.5 Å². The number of hydrogen-bond donors (Lipinski definition) is 1. The minimum atomic E-state index is 0.522. The molecule has 0 atom stereocenters. The molecule has 0 radical (unpaired) electrons. The van der Waals surface area contributed by atoms with Gasteiger partial charge in [-0.15, -0.1) is 0 Å². The number of likely N-dealkylation sites (tertiary alicyclic amines) is 1. The van der Waals surface area contributed by atoms with Gasteiger partial charge in [0.2, 0.25) is 0 Å². The molecule has 2 aliphatic rings. The molecule has 100 valence electrons. The van der Waals surface area contributed by atoms with Gasteiger partial charge < -0.3 is 15.0 Å². The summed E-state index contributed by atoms with van der Waals surface area (Å²) in [7, 11) is 1.82. The first-order chi connectivity index (χ1) is 8.17. The number of hydrogen-bond acceptors (Lipinski definition) is 3. The van der Waals surface area contributed by atoms with Crippen LogP contribution in [0.2, 0.25) is 0 Å². The van der Waals surface area contributed by atoms with Crippen LogP contribution in [0.5, 0.6) is 0 Å². The van der Waals surface area contributed by atoms with Gasteiger partial charge in [-0.2, -0.15) is 0 Å². The first-order valence-corrected chi connectivity index (χ1v) is 7.18. The second-order valence-electron chi connectivity index (χ2n) is 6.16. The van der Waals surface area contributed by atoms with Crippen molar-refractivity contribution in [2.24, 2.45) is 5.92 Å². The smallest absolute Gasteiger partial charge is 0.0601 e. The van der Waals surface area contributed by atoms with Crippen molar-refractivity contribution in [3.8, 4) is 0 Å². The summed E-state index contributed by atoms with van der Waals surface area (Å²) < 4.78 is 5.32. The number of rotatable bonds is 5. The molecule has 0 bridgehead atoms. The van der Waals surface area contributed by atoms with Gasteiger partial charge in [0.1, 0.15) is 0 Å². The zero-order valence-electron chi connectivity index (χ0n) is 11.6. The van der Waals surface area contributed by atoms with E-state index in [1.807, 2.05) is 7.11 Å². The van der Waals surface area contributed by atoms with Gasteiger partial charge in [-0.25, -0.2) is 0 Å². The van der Waals surface area contributed by atoms with E-state index in [1.165, 1.54) is 45.3 Å². The summed E-state index contributed by atoms with van der Waals surface area (Å²) in [6.45, 7) is 8.43. The van der Waals surface area contributed by atoms with Gasteiger partial charge in [-0.05, 0) is 44.7 Å². The van der Waals surface area contributed by atoms with Gasteiger partial charge in [0, 0.05) is 25.7 Å². The van der Waals surface area contributed by atoms with Crippen LogP contribution in [0.4, 0.5) is 0 Å². The lowest BCUT2D eigenvalue weighted by atomic mass is 9.87. The van der Waals surface area contributed by atoms with Crippen LogP contribution in [0.3, 0.4) is 0 Å². The van der Waals surface area contributed by atoms with E-state index in [4.69, 9.17) is 4.74 Å². The maximum absolute atomic E-state index is 5.32. The highest BCUT2D eigenvalue weighted by Crippen LogP contribution is 2.24. The molecule has 17 heavy (non-hydrogen) atoms. The van der Waals surface area contributed by atoms with E-state index in [0.717, 1.165) is 18.0 Å². The quantitative estimate of drug-likeness (QED) is 0.794. The fourth-order valence-corrected chi connectivity index (χ4v) is 3.03. The number of piperidine rings is 1. The van der Waals surface area contributed by atoms with Crippen molar-refractivity contribution in [3.63, 3.8) is 0 Å². The highest BCUT2D eigenvalue weighted by atomic mass is 16.5. The molecule has 1 aliphatic heterocycles. The molecule has 1 N–H and O–H groups in total. The molecule has 1 heterocycles. The van der Waals surface area contributed by atoms with Crippen LogP contribution in [0.25, 0.3) is 0 Å². The third-order valence-electron chi connectivity index (χ3n) is 4.11. The predicted octanol–water partition coefficient (Wildman–Crippen LogP) is 1.87. The van der Waals surface area contributed by atoms with Crippen LogP contribution < -0.4 is 5.32 Å². The Hall–Kier alpha value is -0.120. The maximum Gasteiger partial charge on any atom is 0.0601 e. The molecule has 0 aromatic heterocycles. The van der Waals surface area contributed by atoms with Crippen molar-refractivity contribution < 1.29 is 4.74 Å². The zero-order valence-corrected chi connectivity index (χ0v) is 11.6. The Morgan fingerprint density at radius 2 is 1.82 bits per heavy atom. The van der Waals surface area contributed by atoms with Gasteiger partial charge in [-0.1, -0.05) is 13.8 Å². The summed E-state index contributed by atoms with van der Waals surface area (Å²) in [5.41, 5.74) is 0. The highest BCUT2D eigenvalue weighted by Gasteiger charge is 2.31. The van der Waals surface area contributed by atoms with Crippen LogP contribution in [0.15, 0.2) is 0 Å². The van der Waals surface area contributed by atoms with Crippen LogP contribution in [-0.4, -0.2) is 49.8 Å². The molecule has 0 spiro atoms. The molecule has 1 saturated carbocycles. The van der Waals surface area contributed by atoms with E-state index < -0.39 is 0 Å². The summed E-state index contributed by atoms with van der Waals surface area (Å²) in [6, 6.07) is 1.47. The Morgan fingerprint density at radius 3 is 2.35 bits per heavy atom. The molecule has 1 aliphatic carbocycles. The van der Waals surface area contributed by atoms with Crippen molar-refractivity contribution in [1.29, 1.82) is 0 Å². The van der Waals surface area contributed by atoms with Crippen LogP contribution in [-0.2, 0) is 4.74 Å². The largest absolute Gasteiger partial charge is 0.381 e. The minimum Gasteiger partial charge on any atom is -0.381 e. The molecule has 0 amide bonds. The Balaban J connectivity index is 1.60. The summed E-state index contributed by atoms with van der Waals surface area (Å²) >= 11 is 0. The van der Waals surface area contributed by atoms with Crippen LogP contribution in [0.1, 0.15) is 39.5 Å². The average molecular weight is 240 g/mol. The van der Waals surface area contributed by atoms with Gasteiger partial charge in [0.05, 0.1) is 6.10 Å². The highest BCUT2D eigenvalue weighted by molar-refractivity contribution is 4.89. The second kappa shape index (κ2) is 6.17. The number of ether oxygens (including phenoxy) is 1. The predicted molar refractivity (Wildman–Crippen MR) is 71.3 cm³/mol. The van der Waals surface area contributed by atoms with E-state index in [2.05, 4.69) is 24.1 Å². The molecule has 0 unspecified atom stereocenters. The lowest BCUT2D eigenvalue weighted by Crippen LogP contribution is -2.52. The molecular weight excluding hydrogens is 212 g/mol. The second-order valence-corrected chi connectivity index (χ2v) is 6.16. The fourth-order valence-electron chi connectivity index (χ4n) is 3.03. The molecule has 1 saturated heterocycles. The SMILES string of the molecule is COC1CC(NC2CCN(CC(C)C)CC2)C1. The average Bonchev–Trinajstić information content (AvgIpc) is 2.24. The van der Waals surface area contributed by atoms with Crippen molar-refractivity contribution >= 4 is 0 Å². The van der Waals surface area contributed by atoms with E-state index in [-0.39, 0.29) is 0 Å². The number of methoxy groups -OCH3 is 1. The Morgan fingerprint density at radius 1 is 1.18 bits per heavy atom. The molecule has 3 nitrogen and oxygen atoms in total. The van der Waals surface area contributed by atoms with Crippen molar-refractivity contribution in [1.82, 2.24) is 10.2 Å². The number of nitrogens with zero attached hydrogens (tertiary/aromatic N) is 1. The zero-order chi connectivity index (χ0) is 12.3. The molecule has 2 rings (SSSR count). The third kappa shape index (κ3) is 3.94. The maximum atomic E-state index is 5.32. The summed E-state index contributed by atoms with van der Waals surface area (Å²) in [5.74, 6) is 0.800. The molecule has 3 heteroatoms. The van der Waals surface area contributed by atoms with Crippen LogP contribution in [0, 0.1) is 5.92 Å². The van der Waals surface area contributed by atoms with E-state index in [9.17, 15) is 0 Å². The van der Waals surface area contributed by atoms with Gasteiger partial charge in [0.25, 0.3) is 0 Å². The normalized spacial score (nSPS) is 31.8. The van der Waals surface area contributed by atoms with E-state index in [0.29, 0.717) is 6.10 Å². The molecular formula is C14H28N2O. The standard InChI is InChI=1S/C14H28N2O/c1-11(2)10-16-6-4-12(5-7-16)15-13-8-14(9-13)17-3/h11-15H,4-10H2,1-3H3. The lowest BCUT2D eigenvalue weighted by Gasteiger charge is -2.40. The van der Waals surface area contributed by atoms with Crippen molar-refractivity contribution in [2.75, 3.05) is 26.7 Å². The van der Waals surface area contributed by atoms with Gasteiger partial charge in [0.15, 0.2) is 0 Å². The summed E-state index contributed by atoms with van der Waals surface area (Å²) in [5, 5.41) is 3.79. The number of nitrogens with one attached hydrogen (secondary N) is 1. The summed E-state index contributed by atoms with van der Waals surface area (Å²) in [4.78, 5) is 2.61. The first kappa shape index (κ1) is 13.3. The fraction of sp³-hybridized carbons (Fsp3) is 1.00. The minimum absolute atomic E-state index is 0.522. The van der Waals surface area contributed by atoms with Crippen molar-refractivity contribution in [3.05, 3.63) is 0 Å². The monoisotopic (exact) mass is 240 g/mol. The first-order valence-electron chi connectivity index (χ1n) is 7.18. The Kier molecular flexibility index (Phi) is 4.83. The molecule has 0 aromatic rings. The van der Waals surface area contributed by atoms with Gasteiger partial charge in [-0.3, -0.25) is 0 Å². The molecule has 2 fully saturated rings. The summed E-state index contributed by atoms with van der Waals surface area (Å²) in [6.07, 6.45) is 5.58. The lowest BCUT2D eigenvalue weighted by molar-refractivity contribution is 0.0112. The van der Waals surface area contributed by atoms with E-state index >= 15 is 0 Å². The molecule has 0 aromatic carbocycles. The Labute approximate surface area is 106 Å². The van der Waals surface area contributed by atoms with E-state index in [1.54, 1.807) is 0 Å².